The number of aliphatic hydroxyl groups is 1. The molecule has 1 saturated heterocycles. The molecule has 2 N–H and O–H groups in total. The summed E-state index contributed by atoms with van der Waals surface area (Å²) in [5.74, 6) is -2.01. The molecule has 26 heavy (non-hydrogen) atoms. The highest BCUT2D eigenvalue weighted by atomic mass is 32.2. The number of nitrogens with one attached hydrogen (secondary N) is 1. The van der Waals surface area contributed by atoms with E-state index < -0.39 is 47.4 Å². The minimum atomic E-state index is -0.827. The third kappa shape index (κ3) is 4.36. The van der Waals surface area contributed by atoms with E-state index >= 15 is 0 Å². The Hall–Kier alpha value is -2.07. The Kier molecular flexibility index (Phi) is 5.97. The molecule has 2 aliphatic rings. The van der Waals surface area contributed by atoms with Crippen LogP contribution in [0.2, 0.25) is 0 Å². The molecule has 0 spiro atoms. The van der Waals surface area contributed by atoms with Gasteiger partial charge in [-0.3, -0.25) is 19.3 Å². The number of thioether (sulfide) groups is 1. The van der Waals surface area contributed by atoms with Crippen LogP contribution in [0.1, 0.15) is 27.7 Å². The minimum Gasteiger partial charge on any atom is -0.461 e. The van der Waals surface area contributed by atoms with Crippen LogP contribution in [-0.4, -0.2) is 69.7 Å². The van der Waals surface area contributed by atoms with Crippen molar-refractivity contribution < 1.29 is 33.8 Å². The fraction of sp³-hybridized carbons (Fsp3) is 0.625. The second-order valence-electron chi connectivity index (χ2n) is 6.85. The second kappa shape index (κ2) is 7.67. The Morgan fingerprint density at radius 3 is 2.54 bits per heavy atom. The molecule has 0 aromatic rings. The second-order valence-corrected chi connectivity index (χ2v) is 7.95. The van der Waals surface area contributed by atoms with Gasteiger partial charge in [0.1, 0.15) is 35.9 Å². The Morgan fingerprint density at radius 1 is 1.35 bits per heavy atom. The van der Waals surface area contributed by atoms with Gasteiger partial charge >= 0.3 is 11.9 Å². The number of carbonyl (C=O) groups is 4. The fourth-order valence-corrected chi connectivity index (χ4v) is 3.84. The molecule has 2 aliphatic heterocycles. The maximum Gasteiger partial charge on any atom is 0.355 e. The summed E-state index contributed by atoms with van der Waals surface area (Å²) in [5.41, 5.74) is -0.254. The number of ether oxygens (including phenoxy) is 2. The molecule has 0 aromatic carbocycles. The lowest BCUT2D eigenvalue weighted by Gasteiger charge is -2.49. The molecule has 1 fully saturated rings. The Labute approximate surface area is 155 Å². The first kappa shape index (κ1) is 20.2. The van der Waals surface area contributed by atoms with Crippen molar-refractivity contribution in [3.05, 3.63) is 11.3 Å². The number of rotatable bonds is 5. The fourth-order valence-electron chi connectivity index (χ4n) is 2.52. The van der Waals surface area contributed by atoms with Gasteiger partial charge in [0, 0.05) is 18.2 Å². The van der Waals surface area contributed by atoms with Crippen LogP contribution in [0.3, 0.4) is 0 Å². The summed E-state index contributed by atoms with van der Waals surface area (Å²) in [4.78, 5) is 48.9. The van der Waals surface area contributed by atoms with Crippen LogP contribution in [0, 0.1) is 0 Å². The quantitative estimate of drug-likeness (QED) is 0.481. The smallest absolute Gasteiger partial charge is 0.355 e. The first-order chi connectivity index (χ1) is 12.0. The third-order valence-corrected chi connectivity index (χ3v) is 4.89. The van der Waals surface area contributed by atoms with Gasteiger partial charge in [-0.15, -0.1) is 11.8 Å². The summed E-state index contributed by atoms with van der Waals surface area (Å²) >= 11 is 1.33. The highest BCUT2D eigenvalue weighted by Crippen LogP contribution is 2.41. The number of fused-ring (bicyclic) bond motifs is 1. The van der Waals surface area contributed by atoms with Gasteiger partial charge in [0.15, 0.2) is 0 Å². The number of β-lactam (4-membered cyclic amide) rings is 1. The number of aliphatic hydroxyl groups excluding tert-OH is 1. The molecule has 0 aromatic heterocycles. The Balaban J connectivity index is 2.28. The van der Waals surface area contributed by atoms with Gasteiger partial charge in [-0.05, 0) is 20.8 Å². The predicted molar refractivity (Wildman–Crippen MR) is 91.6 cm³/mol. The lowest BCUT2D eigenvalue weighted by Crippen LogP contribution is -2.71. The molecule has 2 atom stereocenters. The van der Waals surface area contributed by atoms with E-state index in [2.05, 4.69) is 5.32 Å². The molecule has 144 valence electrons. The lowest BCUT2D eigenvalue weighted by molar-refractivity contribution is -0.159. The summed E-state index contributed by atoms with van der Waals surface area (Å²) in [5, 5.41) is 10.8. The molecular formula is C16H22N2O7S. The largest absolute Gasteiger partial charge is 0.461 e. The standard InChI is InChI=1S/C16H22N2O7S/c1-8(20)24-6-9-7-26-14-11(17-10(21)5-19)13(22)18(14)12(9)15(23)25-16(2,3)4/h11,14,19H,5-7H2,1-4H3,(H,17,21). The summed E-state index contributed by atoms with van der Waals surface area (Å²) in [6.45, 7) is 5.51. The van der Waals surface area contributed by atoms with E-state index in [1.807, 2.05) is 0 Å². The maximum atomic E-state index is 12.6. The number of hydrogen-bond donors (Lipinski definition) is 2. The molecule has 0 saturated carbocycles. The highest BCUT2D eigenvalue weighted by molar-refractivity contribution is 8.00. The average molecular weight is 386 g/mol. The zero-order valence-electron chi connectivity index (χ0n) is 15.0. The van der Waals surface area contributed by atoms with Gasteiger partial charge in [-0.1, -0.05) is 0 Å². The minimum absolute atomic E-state index is 0.0458. The maximum absolute atomic E-state index is 12.6. The average Bonchev–Trinajstić information content (AvgIpc) is 2.54. The van der Waals surface area contributed by atoms with Gasteiger partial charge < -0.3 is 19.9 Å². The van der Waals surface area contributed by atoms with Crippen molar-refractivity contribution in [1.29, 1.82) is 0 Å². The van der Waals surface area contributed by atoms with E-state index in [1.165, 1.54) is 23.6 Å². The first-order valence-corrected chi connectivity index (χ1v) is 9.03. The summed E-state index contributed by atoms with van der Waals surface area (Å²) in [7, 11) is 0. The summed E-state index contributed by atoms with van der Waals surface area (Å²) < 4.78 is 10.4. The normalized spacial score (nSPS) is 22.3. The van der Waals surface area contributed by atoms with Gasteiger partial charge in [-0.2, -0.15) is 0 Å². The van der Waals surface area contributed by atoms with Gasteiger partial charge in [0.25, 0.3) is 5.91 Å². The van der Waals surface area contributed by atoms with Crippen molar-refractivity contribution in [2.75, 3.05) is 19.0 Å². The van der Waals surface area contributed by atoms with Crippen molar-refractivity contribution in [3.63, 3.8) is 0 Å². The molecule has 10 heteroatoms. The first-order valence-electron chi connectivity index (χ1n) is 7.98. The van der Waals surface area contributed by atoms with E-state index in [-0.39, 0.29) is 12.3 Å². The van der Waals surface area contributed by atoms with E-state index in [0.717, 1.165) is 0 Å². The summed E-state index contributed by atoms with van der Waals surface area (Å²) in [6.07, 6.45) is 0. The molecule has 2 heterocycles. The van der Waals surface area contributed by atoms with Crippen molar-refractivity contribution in [1.82, 2.24) is 10.2 Å². The number of esters is 2. The molecular weight excluding hydrogens is 364 g/mol. The molecule has 9 nitrogen and oxygen atoms in total. The predicted octanol–water partition coefficient (Wildman–Crippen LogP) is -0.462. The molecule has 0 radical (unpaired) electrons. The number of hydrogen-bond acceptors (Lipinski definition) is 8. The van der Waals surface area contributed by atoms with E-state index in [4.69, 9.17) is 14.6 Å². The monoisotopic (exact) mass is 386 g/mol. The van der Waals surface area contributed by atoms with E-state index in [0.29, 0.717) is 11.3 Å². The van der Waals surface area contributed by atoms with Crippen LogP contribution in [0.4, 0.5) is 0 Å². The SMILES string of the molecule is CC(=O)OCC1=C(C(=O)OC(C)(C)C)N2C(=O)C(NC(=O)CO)C2SC1. The molecule has 2 unspecified atom stereocenters. The number of carbonyl (C=O) groups excluding carboxylic acids is 4. The van der Waals surface area contributed by atoms with Crippen LogP contribution >= 0.6 is 11.8 Å². The van der Waals surface area contributed by atoms with Crippen molar-refractivity contribution in [2.45, 2.75) is 44.7 Å². The molecule has 2 rings (SSSR count). The van der Waals surface area contributed by atoms with Crippen molar-refractivity contribution in [3.8, 4) is 0 Å². The van der Waals surface area contributed by atoms with Gasteiger partial charge in [-0.25, -0.2) is 4.79 Å². The van der Waals surface area contributed by atoms with Crippen molar-refractivity contribution in [2.24, 2.45) is 0 Å². The van der Waals surface area contributed by atoms with E-state index in [1.54, 1.807) is 20.8 Å². The van der Waals surface area contributed by atoms with Crippen molar-refractivity contribution >= 4 is 35.5 Å². The van der Waals surface area contributed by atoms with Crippen LogP contribution in [-0.2, 0) is 28.7 Å². The molecule has 0 bridgehead atoms. The van der Waals surface area contributed by atoms with Crippen LogP contribution in [0.5, 0.6) is 0 Å². The van der Waals surface area contributed by atoms with Crippen LogP contribution < -0.4 is 5.32 Å². The number of amides is 2. The topological polar surface area (TPSA) is 122 Å². The summed E-state index contributed by atoms with van der Waals surface area (Å²) in [6, 6.07) is -0.827. The van der Waals surface area contributed by atoms with Crippen LogP contribution in [0.25, 0.3) is 0 Å². The zero-order chi connectivity index (χ0) is 19.6. The Morgan fingerprint density at radius 2 is 2.00 bits per heavy atom. The Bertz CT molecular complexity index is 668. The third-order valence-electron chi connectivity index (χ3n) is 3.55. The molecule has 2 amide bonds. The van der Waals surface area contributed by atoms with Gasteiger partial charge in [0.2, 0.25) is 5.91 Å². The lowest BCUT2D eigenvalue weighted by atomic mass is 10.0. The number of nitrogens with zero attached hydrogens (tertiary/aromatic N) is 1. The van der Waals surface area contributed by atoms with Crippen LogP contribution in [0.15, 0.2) is 11.3 Å². The zero-order valence-corrected chi connectivity index (χ0v) is 15.8. The highest BCUT2D eigenvalue weighted by Gasteiger charge is 2.54. The molecule has 0 aliphatic carbocycles. The van der Waals surface area contributed by atoms with E-state index in [9.17, 15) is 19.2 Å². The van der Waals surface area contributed by atoms with Gasteiger partial charge in [0.05, 0.1) is 0 Å².